The number of carbonyl (C=O) groups excluding carboxylic acids is 1. The summed E-state index contributed by atoms with van der Waals surface area (Å²) in [6, 6.07) is 10.5. The van der Waals surface area contributed by atoms with Gasteiger partial charge in [-0.25, -0.2) is 0 Å². The molecule has 3 heterocycles. The monoisotopic (exact) mass is 354 g/mol. The quantitative estimate of drug-likeness (QED) is 0.888. The summed E-state index contributed by atoms with van der Waals surface area (Å²) in [5.41, 5.74) is 0.763. The summed E-state index contributed by atoms with van der Waals surface area (Å²) >= 11 is 1.67. The maximum Gasteiger partial charge on any atom is 0.237 e. The zero-order chi connectivity index (χ0) is 17.4. The number of hydrogen-bond donors (Lipinski definition) is 2. The number of carbonyl (C=O) groups is 1. The Labute approximate surface area is 151 Å². The molecule has 3 atom stereocenters. The molecule has 1 aromatic carbocycles. The van der Waals surface area contributed by atoms with Crippen molar-refractivity contribution >= 4 is 32.3 Å². The molecule has 2 saturated heterocycles. The van der Waals surface area contributed by atoms with Crippen LogP contribution < -0.4 is 15.5 Å². The highest BCUT2D eigenvalue weighted by molar-refractivity contribution is 7.23. The zero-order valence-corrected chi connectivity index (χ0v) is 15.1. The number of anilines is 1. The Hall–Kier alpha value is -2.10. The van der Waals surface area contributed by atoms with Gasteiger partial charge < -0.3 is 15.5 Å². The molecule has 0 aliphatic carbocycles. The Bertz CT molecular complexity index is 840. The van der Waals surface area contributed by atoms with Gasteiger partial charge in [-0.1, -0.05) is 25.1 Å². The molecular formula is C19H22N4OS. The van der Waals surface area contributed by atoms with Crippen LogP contribution in [0.25, 0.3) is 10.1 Å². The molecule has 2 fully saturated rings. The van der Waals surface area contributed by atoms with E-state index in [-0.39, 0.29) is 18.0 Å². The smallest absolute Gasteiger partial charge is 0.237 e. The van der Waals surface area contributed by atoms with Gasteiger partial charge in [0.15, 0.2) is 0 Å². The summed E-state index contributed by atoms with van der Waals surface area (Å²) in [7, 11) is 0. The first-order valence-corrected chi connectivity index (χ1v) is 9.67. The van der Waals surface area contributed by atoms with Crippen molar-refractivity contribution in [2.24, 2.45) is 5.92 Å². The van der Waals surface area contributed by atoms with Gasteiger partial charge in [0, 0.05) is 29.2 Å². The van der Waals surface area contributed by atoms with Gasteiger partial charge in [-0.15, -0.1) is 11.3 Å². The molecule has 0 spiro atoms. The van der Waals surface area contributed by atoms with Crippen molar-refractivity contribution < 1.29 is 4.79 Å². The van der Waals surface area contributed by atoms with Crippen molar-refractivity contribution in [2.45, 2.75) is 31.8 Å². The summed E-state index contributed by atoms with van der Waals surface area (Å²) in [5.74, 6) is 0.681. The van der Waals surface area contributed by atoms with Gasteiger partial charge in [-0.2, -0.15) is 5.26 Å². The van der Waals surface area contributed by atoms with Crippen LogP contribution in [0.1, 0.15) is 25.3 Å². The number of amides is 1. The van der Waals surface area contributed by atoms with Crippen molar-refractivity contribution in [3.05, 3.63) is 29.8 Å². The number of nitrogens with zero attached hydrogens (tertiary/aromatic N) is 2. The number of fused-ring (bicyclic) bond motifs is 1. The topological polar surface area (TPSA) is 68.2 Å². The van der Waals surface area contributed by atoms with Crippen molar-refractivity contribution in [3.63, 3.8) is 0 Å². The van der Waals surface area contributed by atoms with E-state index in [0.29, 0.717) is 5.92 Å². The summed E-state index contributed by atoms with van der Waals surface area (Å²) in [5, 5.41) is 18.1. The predicted octanol–water partition coefficient (Wildman–Crippen LogP) is 2.47. The molecule has 0 saturated carbocycles. The fourth-order valence-corrected chi connectivity index (χ4v) is 5.03. The van der Waals surface area contributed by atoms with Gasteiger partial charge in [0.25, 0.3) is 0 Å². The molecule has 0 bridgehead atoms. The maximum absolute atomic E-state index is 12.4. The molecule has 2 aromatic rings. The zero-order valence-electron chi connectivity index (χ0n) is 14.3. The number of nitriles is 1. The van der Waals surface area contributed by atoms with Crippen LogP contribution in [0.5, 0.6) is 0 Å². The lowest BCUT2D eigenvalue weighted by molar-refractivity contribution is -0.123. The lowest BCUT2D eigenvalue weighted by atomic mass is 10.1. The summed E-state index contributed by atoms with van der Waals surface area (Å²) in [6.07, 6.45) is 1.84. The third kappa shape index (κ3) is 3.10. The molecule has 0 unspecified atom stereocenters. The second-order valence-corrected chi connectivity index (χ2v) is 8.16. The normalized spacial score (nSPS) is 26.1. The number of rotatable bonds is 3. The number of benzene rings is 1. The maximum atomic E-state index is 12.4. The van der Waals surface area contributed by atoms with E-state index in [1.165, 1.54) is 0 Å². The Morgan fingerprint density at radius 3 is 3.04 bits per heavy atom. The molecule has 5 nitrogen and oxygen atoms in total. The summed E-state index contributed by atoms with van der Waals surface area (Å²) in [6.45, 7) is 4.74. The minimum absolute atomic E-state index is 0.0527. The van der Waals surface area contributed by atoms with Gasteiger partial charge in [-0.05, 0) is 31.4 Å². The van der Waals surface area contributed by atoms with E-state index in [1.807, 2.05) is 18.2 Å². The molecule has 1 aromatic heterocycles. The van der Waals surface area contributed by atoms with Gasteiger partial charge in [0.05, 0.1) is 11.6 Å². The predicted molar refractivity (Wildman–Crippen MR) is 101 cm³/mol. The lowest BCUT2D eigenvalue weighted by Crippen LogP contribution is -2.46. The Kier molecular flexibility index (Phi) is 4.36. The van der Waals surface area contributed by atoms with E-state index in [1.54, 1.807) is 11.3 Å². The van der Waals surface area contributed by atoms with Crippen molar-refractivity contribution in [2.75, 3.05) is 24.5 Å². The molecule has 2 aliphatic heterocycles. The standard InChI is InChI=1S/C19H22N4OS/c1-12-8-16(21-10-12)18(24)22-13-6-7-23(11-13)19-15(9-20)14-4-2-3-5-17(14)25-19/h2-5,12-13,16,21H,6-8,10-11H2,1H3,(H,22,24)/t12-,13-,16-/m0/s1. The Morgan fingerprint density at radius 1 is 1.44 bits per heavy atom. The van der Waals surface area contributed by atoms with Crippen LogP contribution in [0.3, 0.4) is 0 Å². The largest absolute Gasteiger partial charge is 0.360 e. The second-order valence-electron chi connectivity index (χ2n) is 7.13. The van der Waals surface area contributed by atoms with Crippen LogP contribution in [-0.2, 0) is 4.79 Å². The number of thiophene rings is 1. The van der Waals surface area contributed by atoms with Crippen LogP contribution >= 0.6 is 11.3 Å². The SMILES string of the molecule is C[C@@H]1CN[C@H](C(=O)N[C@H]2CCN(c3sc4ccccc4c3C#N)C2)C1. The van der Waals surface area contributed by atoms with Crippen LogP contribution in [0.2, 0.25) is 0 Å². The molecule has 2 N–H and O–H groups in total. The van der Waals surface area contributed by atoms with E-state index in [0.717, 1.165) is 53.1 Å². The van der Waals surface area contributed by atoms with E-state index in [4.69, 9.17) is 0 Å². The molecule has 6 heteroatoms. The van der Waals surface area contributed by atoms with Crippen molar-refractivity contribution in [3.8, 4) is 6.07 Å². The minimum Gasteiger partial charge on any atom is -0.360 e. The van der Waals surface area contributed by atoms with Gasteiger partial charge in [0.2, 0.25) is 5.91 Å². The summed E-state index contributed by atoms with van der Waals surface area (Å²) < 4.78 is 1.14. The van der Waals surface area contributed by atoms with E-state index in [2.05, 4.69) is 34.6 Å². The number of hydrogen-bond acceptors (Lipinski definition) is 5. The second kappa shape index (κ2) is 6.66. The summed E-state index contributed by atoms with van der Waals surface area (Å²) in [4.78, 5) is 14.7. The van der Waals surface area contributed by atoms with Gasteiger partial charge >= 0.3 is 0 Å². The van der Waals surface area contributed by atoms with E-state index >= 15 is 0 Å². The molecule has 0 radical (unpaired) electrons. The average molecular weight is 354 g/mol. The molecule has 4 rings (SSSR count). The van der Waals surface area contributed by atoms with Gasteiger partial charge in [-0.3, -0.25) is 4.79 Å². The highest BCUT2D eigenvalue weighted by Crippen LogP contribution is 2.38. The molecule has 1 amide bonds. The molecule has 130 valence electrons. The molecule has 25 heavy (non-hydrogen) atoms. The molecule has 2 aliphatic rings. The first-order valence-electron chi connectivity index (χ1n) is 8.86. The number of nitrogens with one attached hydrogen (secondary N) is 2. The van der Waals surface area contributed by atoms with Crippen LogP contribution in [0.4, 0.5) is 5.00 Å². The van der Waals surface area contributed by atoms with E-state index in [9.17, 15) is 10.1 Å². The average Bonchev–Trinajstić information content (AvgIpc) is 3.32. The Balaban J connectivity index is 1.46. The van der Waals surface area contributed by atoms with Crippen LogP contribution in [0, 0.1) is 17.2 Å². The fourth-order valence-electron chi connectivity index (χ4n) is 3.84. The fraction of sp³-hybridized carbons (Fsp3) is 0.474. The van der Waals surface area contributed by atoms with Crippen molar-refractivity contribution in [1.82, 2.24) is 10.6 Å². The first-order chi connectivity index (χ1) is 12.2. The Morgan fingerprint density at radius 2 is 2.28 bits per heavy atom. The highest BCUT2D eigenvalue weighted by Gasteiger charge is 2.31. The van der Waals surface area contributed by atoms with Crippen molar-refractivity contribution in [1.29, 1.82) is 5.26 Å². The minimum atomic E-state index is -0.0527. The first kappa shape index (κ1) is 16.4. The van der Waals surface area contributed by atoms with E-state index < -0.39 is 0 Å². The van der Waals surface area contributed by atoms with Crippen LogP contribution in [-0.4, -0.2) is 37.6 Å². The highest BCUT2D eigenvalue weighted by atomic mass is 32.1. The third-order valence-electron chi connectivity index (χ3n) is 5.18. The van der Waals surface area contributed by atoms with Gasteiger partial charge in [0.1, 0.15) is 11.1 Å². The lowest BCUT2D eigenvalue weighted by Gasteiger charge is -2.19. The molecular weight excluding hydrogens is 332 g/mol. The third-order valence-corrected chi connectivity index (χ3v) is 6.41. The van der Waals surface area contributed by atoms with Crippen LogP contribution in [0.15, 0.2) is 24.3 Å².